The van der Waals surface area contributed by atoms with E-state index in [0.717, 1.165) is 40.5 Å². The molecule has 6 nitrogen and oxygen atoms in total. The van der Waals surface area contributed by atoms with Gasteiger partial charge in [0.25, 0.3) is 0 Å². The molecule has 0 radical (unpaired) electrons. The lowest BCUT2D eigenvalue weighted by Crippen LogP contribution is -2.19. The molecule has 0 fully saturated rings. The van der Waals surface area contributed by atoms with E-state index in [0.29, 0.717) is 6.29 Å². The minimum absolute atomic E-state index is 0.162. The maximum absolute atomic E-state index is 11.5. The molecule has 1 heterocycles. The van der Waals surface area contributed by atoms with Crippen LogP contribution in [0.2, 0.25) is 0 Å². The molecule has 4 rings (SSSR count). The third kappa shape index (κ3) is 8.70. The second-order valence-corrected chi connectivity index (χ2v) is 9.86. The molecule has 190 valence electrons. The third-order valence-electron chi connectivity index (χ3n) is 5.32. The molecular formula is C28H33FN4O2S. The number of anilines is 2. The maximum Gasteiger partial charge on any atom is 0.177 e. The summed E-state index contributed by atoms with van der Waals surface area (Å²) >= 11 is 1.57. The lowest BCUT2D eigenvalue weighted by molar-refractivity contribution is -0.115. The normalized spacial score (nSPS) is 14.7. The average molecular weight is 509 g/mol. The lowest BCUT2D eigenvalue weighted by atomic mass is 9.99. The summed E-state index contributed by atoms with van der Waals surface area (Å²) in [7, 11) is 1.92. The van der Waals surface area contributed by atoms with Crippen LogP contribution in [0.5, 0.6) is 0 Å². The van der Waals surface area contributed by atoms with Crippen LogP contribution in [0.1, 0.15) is 31.4 Å². The fraction of sp³-hybridized carbons (Fsp3) is 0.286. The van der Waals surface area contributed by atoms with Crippen LogP contribution in [-0.2, 0) is 16.1 Å². The summed E-state index contributed by atoms with van der Waals surface area (Å²) in [6.45, 7) is 2.54. The van der Waals surface area contributed by atoms with Gasteiger partial charge in [-0.1, -0.05) is 56.3 Å². The quantitative estimate of drug-likeness (QED) is 0.221. The Morgan fingerprint density at radius 1 is 1.06 bits per heavy atom. The standard InChI is InChI=1S/C23H24N4OS.C5H9FO/c1-24-19-11-13-20(14-12-19)27-29-21-9-5-8-18(16-21)23-25-22(28-26-23)15-10-17-6-3-2-4-7-17;1-5(2,3-6)4-7/h2-9,11-14,16,22,24,27H,10,15H2,1H3,(H,25,26);4H,3H2,1-2H3. The van der Waals surface area contributed by atoms with Crippen molar-refractivity contribution in [2.75, 3.05) is 23.8 Å². The van der Waals surface area contributed by atoms with Crippen molar-refractivity contribution in [1.82, 2.24) is 5.48 Å². The summed E-state index contributed by atoms with van der Waals surface area (Å²) in [6, 6.07) is 26.9. The molecule has 1 unspecified atom stereocenters. The highest BCUT2D eigenvalue weighted by molar-refractivity contribution is 8.00. The summed E-state index contributed by atoms with van der Waals surface area (Å²) in [5.41, 5.74) is 6.69. The summed E-state index contributed by atoms with van der Waals surface area (Å²) in [4.78, 5) is 21.3. The Bertz CT molecular complexity index is 1120. The number of nitrogens with zero attached hydrogens (tertiary/aromatic N) is 1. The van der Waals surface area contributed by atoms with Gasteiger partial charge in [-0.15, -0.1) is 0 Å². The number of aryl methyl sites for hydroxylation is 1. The molecule has 0 bridgehead atoms. The number of rotatable bonds is 10. The van der Waals surface area contributed by atoms with Crippen molar-refractivity contribution in [2.24, 2.45) is 10.4 Å². The number of aliphatic imine (C=N–C) groups is 1. The number of halogens is 1. The number of carbonyl (C=O) groups excluding carboxylic acids is 1. The largest absolute Gasteiger partial charge is 0.388 e. The molecule has 1 atom stereocenters. The van der Waals surface area contributed by atoms with Crippen LogP contribution in [0.15, 0.2) is 88.8 Å². The molecule has 3 aromatic carbocycles. The number of aldehydes is 1. The summed E-state index contributed by atoms with van der Waals surface area (Å²) < 4.78 is 14.9. The van der Waals surface area contributed by atoms with Crippen LogP contribution in [0.4, 0.5) is 15.8 Å². The average Bonchev–Trinajstić information content (AvgIpc) is 3.41. The monoisotopic (exact) mass is 508 g/mol. The molecule has 0 aliphatic carbocycles. The van der Waals surface area contributed by atoms with Gasteiger partial charge in [-0.05, 0) is 60.3 Å². The molecule has 0 aromatic heterocycles. The second-order valence-electron chi connectivity index (χ2n) is 8.98. The van der Waals surface area contributed by atoms with Gasteiger partial charge in [-0.2, -0.15) is 0 Å². The van der Waals surface area contributed by atoms with E-state index in [-0.39, 0.29) is 6.23 Å². The Kier molecular flexibility index (Phi) is 10.3. The second kappa shape index (κ2) is 13.7. The van der Waals surface area contributed by atoms with E-state index in [1.54, 1.807) is 25.8 Å². The van der Waals surface area contributed by atoms with E-state index < -0.39 is 12.1 Å². The Labute approximate surface area is 216 Å². The highest BCUT2D eigenvalue weighted by Crippen LogP contribution is 2.24. The van der Waals surface area contributed by atoms with Crippen LogP contribution in [-0.4, -0.2) is 32.1 Å². The van der Waals surface area contributed by atoms with Crippen LogP contribution in [0.25, 0.3) is 0 Å². The Hall–Kier alpha value is -3.36. The van der Waals surface area contributed by atoms with Crippen molar-refractivity contribution in [3.63, 3.8) is 0 Å². The molecule has 3 aromatic rings. The molecule has 0 spiro atoms. The first-order valence-electron chi connectivity index (χ1n) is 11.8. The van der Waals surface area contributed by atoms with Crippen LogP contribution in [0, 0.1) is 5.41 Å². The third-order valence-corrected chi connectivity index (χ3v) is 6.15. The zero-order valence-electron chi connectivity index (χ0n) is 20.8. The fourth-order valence-electron chi connectivity index (χ4n) is 3.07. The molecule has 36 heavy (non-hydrogen) atoms. The minimum atomic E-state index is -0.764. The van der Waals surface area contributed by atoms with Gasteiger partial charge >= 0.3 is 0 Å². The Morgan fingerprint density at radius 2 is 1.78 bits per heavy atom. The van der Waals surface area contributed by atoms with Gasteiger partial charge in [0.1, 0.15) is 13.0 Å². The predicted octanol–water partition coefficient (Wildman–Crippen LogP) is 6.27. The first-order chi connectivity index (χ1) is 17.4. The molecule has 0 saturated heterocycles. The van der Waals surface area contributed by atoms with Gasteiger partial charge in [0.05, 0.1) is 0 Å². The molecule has 3 N–H and O–H groups in total. The van der Waals surface area contributed by atoms with Gasteiger partial charge in [0, 0.05) is 40.7 Å². The van der Waals surface area contributed by atoms with Crippen molar-refractivity contribution < 1.29 is 14.0 Å². The van der Waals surface area contributed by atoms with Gasteiger partial charge in [0.15, 0.2) is 12.1 Å². The van der Waals surface area contributed by atoms with Crippen LogP contribution in [0.3, 0.4) is 0 Å². The summed E-state index contributed by atoms with van der Waals surface area (Å²) in [6.07, 6.45) is 2.24. The minimum Gasteiger partial charge on any atom is -0.388 e. The van der Waals surface area contributed by atoms with Crippen LogP contribution < -0.4 is 15.5 Å². The number of hydrogen-bond donors (Lipinski definition) is 3. The zero-order chi connectivity index (χ0) is 25.8. The molecule has 0 amide bonds. The molecule has 1 aliphatic rings. The van der Waals surface area contributed by atoms with Gasteiger partial charge in [-0.3, -0.25) is 4.39 Å². The van der Waals surface area contributed by atoms with E-state index in [9.17, 15) is 9.18 Å². The topological polar surface area (TPSA) is 74.8 Å². The lowest BCUT2D eigenvalue weighted by Gasteiger charge is -2.08. The zero-order valence-corrected chi connectivity index (χ0v) is 21.6. The molecule has 8 heteroatoms. The Morgan fingerprint density at radius 3 is 2.42 bits per heavy atom. The number of hydrogen-bond acceptors (Lipinski definition) is 7. The van der Waals surface area contributed by atoms with Gasteiger partial charge in [-0.25, -0.2) is 15.3 Å². The van der Waals surface area contributed by atoms with E-state index >= 15 is 0 Å². The number of nitrogens with one attached hydrogen (secondary N) is 3. The molecule has 0 saturated carbocycles. The smallest absolute Gasteiger partial charge is 0.177 e. The van der Waals surface area contributed by atoms with Gasteiger partial charge in [0.2, 0.25) is 0 Å². The first kappa shape index (κ1) is 27.2. The maximum atomic E-state index is 11.5. The highest BCUT2D eigenvalue weighted by atomic mass is 32.2. The van der Waals surface area contributed by atoms with Crippen molar-refractivity contribution in [1.29, 1.82) is 0 Å². The number of hydroxylamine groups is 1. The SMILES string of the molecule is CC(C)(C=O)CF.CNc1ccc(NSc2cccc(C3=NC(CCc4ccccc4)ON3)c2)cc1. The fourth-order valence-corrected chi connectivity index (χ4v) is 3.78. The van der Waals surface area contributed by atoms with E-state index in [1.807, 2.05) is 37.4 Å². The van der Waals surface area contributed by atoms with E-state index in [4.69, 9.17) is 9.83 Å². The first-order valence-corrected chi connectivity index (χ1v) is 12.6. The predicted molar refractivity (Wildman–Crippen MR) is 147 cm³/mol. The number of benzene rings is 3. The number of carbonyl (C=O) groups is 1. The summed E-state index contributed by atoms with van der Waals surface area (Å²) in [5, 5.41) is 3.12. The van der Waals surface area contributed by atoms with E-state index in [1.165, 1.54) is 5.56 Å². The van der Waals surface area contributed by atoms with Crippen molar-refractivity contribution >= 4 is 35.4 Å². The number of alkyl halides is 1. The van der Waals surface area contributed by atoms with Crippen molar-refractivity contribution in [2.45, 2.75) is 37.8 Å². The van der Waals surface area contributed by atoms with Crippen molar-refractivity contribution in [3.8, 4) is 0 Å². The summed E-state index contributed by atoms with van der Waals surface area (Å²) in [5.74, 6) is 0.781. The molecular weight excluding hydrogens is 475 g/mol. The van der Waals surface area contributed by atoms with Gasteiger partial charge < -0.3 is 14.8 Å². The Balaban J connectivity index is 0.000000454. The number of amidine groups is 1. The highest BCUT2D eigenvalue weighted by Gasteiger charge is 2.19. The van der Waals surface area contributed by atoms with Crippen LogP contribution >= 0.6 is 11.9 Å². The molecule has 1 aliphatic heterocycles. The van der Waals surface area contributed by atoms with Crippen molar-refractivity contribution in [3.05, 3.63) is 90.0 Å². The van der Waals surface area contributed by atoms with E-state index in [2.05, 4.69) is 64.0 Å².